The van der Waals surface area contributed by atoms with Crippen LogP contribution in [-0.4, -0.2) is 5.78 Å². The Morgan fingerprint density at radius 1 is 1.05 bits per heavy atom. The summed E-state index contributed by atoms with van der Waals surface area (Å²) in [6.45, 7) is 4.08. The van der Waals surface area contributed by atoms with Gasteiger partial charge in [0.25, 0.3) is 0 Å². The Morgan fingerprint density at radius 3 is 2.25 bits per heavy atom. The van der Waals surface area contributed by atoms with E-state index < -0.39 is 0 Å². The van der Waals surface area contributed by atoms with Crippen molar-refractivity contribution in [3.63, 3.8) is 0 Å². The topological polar surface area (TPSA) is 29.1 Å². The first kappa shape index (κ1) is 14.5. The average Bonchev–Trinajstić information content (AvgIpc) is 2.42. The average molecular weight is 330 g/mol. The number of anilines is 1. The van der Waals surface area contributed by atoms with Crippen LogP contribution in [0.4, 0.5) is 5.69 Å². The molecule has 0 aliphatic heterocycles. The zero-order valence-electron chi connectivity index (χ0n) is 11.5. The van der Waals surface area contributed by atoms with Gasteiger partial charge >= 0.3 is 0 Å². The molecule has 0 aliphatic rings. The molecular weight excluding hydrogens is 314 g/mol. The molecule has 0 aromatic heterocycles. The number of carbonyl (C=O) groups is 1. The van der Waals surface area contributed by atoms with Gasteiger partial charge in [-0.25, -0.2) is 0 Å². The van der Waals surface area contributed by atoms with Gasteiger partial charge in [0, 0.05) is 28.0 Å². The molecule has 0 radical (unpaired) electrons. The van der Waals surface area contributed by atoms with Gasteiger partial charge in [0.05, 0.1) is 0 Å². The van der Waals surface area contributed by atoms with E-state index in [1.807, 2.05) is 44.2 Å². The summed E-state index contributed by atoms with van der Waals surface area (Å²) in [6.07, 6.45) is 3.24. The lowest BCUT2D eigenvalue weighted by Gasteiger charge is -2.08. The minimum absolute atomic E-state index is 0.0174. The van der Waals surface area contributed by atoms with Gasteiger partial charge in [0.2, 0.25) is 0 Å². The molecule has 0 saturated carbocycles. The highest BCUT2D eigenvalue weighted by molar-refractivity contribution is 9.10. The predicted octanol–water partition coefficient (Wildman–Crippen LogP) is 4.87. The largest absolute Gasteiger partial charge is 0.361 e. The first-order valence-electron chi connectivity index (χ1n) is 6.37. The van der Waals surface area contributed by atoms with Gasteiger partial charge in [0.15, 0.2) is 5.78 Å². The van der Waals surface area contributed by atoms with Crippen molar-refractivity contribution in [2.75, 3.05) is 5.32 Å². The van der Waals surface area contributed by atoms with E-state index in [1.165, 1.54) is 0 Å². The zero-order chi connectivity index (χ0) is 14.5. The van der Waals surface area contributed by atoms with Crippen LogP contribution < -0.4 is 5.32 Å². The van der Waals surface area contributed by atoms with Crippen molar-refractivity contribution in [3.05, 3.63) is 75.9 Å². The lowest BCUT2D eigenvalue weighted by Crippen LogP contribution is -1.98. The van der Waals surface area contributed by atoms with Crippen LogP contribution >= 0.6 is 15.9 Å². The Bertz CT molecular complexity index is 624. The predicted molar refractivity (Wildman–Crippen MR) is 87.2 cm³/mol. The molecule has 20 heavy (non-hydrogen) atoms. The molecule has 0 fully saturated rings. The Balaban J connectivity index is 2.07. The maximum Gasteiger partial charge on any atom is 0.187 e. The van der Waals surface area contributed by atoms with Gasteiger partial charge in [0.1, 0.15) is 0 Å². The van der Waals surface area contributed by atoms with E-state index in [4.69, 9.17) is 0 Å². The van der Waals surface area contributed by atoms with Crippen LogP contribution in [0, 0.1) is 13.8 Å². The number of allylic oxidation sites excluding steroid dienone is 1. The van der Waals surface area contributed by atoms with E-state index in [0.29, 0.717) is 5.56 Å². The number of hydrogen-bond donors (Lipinski definition) is 1. The summed E-state index contributed by atoms with van der Waals surface area (Å²) in [5.41, 5.74) is 4.04. The molecule has 0 atom stereocenters. The lowest BCUT2D eigenvalue weighted by atomic mass is 10.1. The van der Waals surface area contributed by atoms with Crippen molar-refractivity contribution in [3.8, 4) is 0 Å². The second-order valence-electron chi connectivity index (χ2n) is 4.62. The minimum atomic E-state index is -0.0174. The molecule has 2 aromatic rings. The highest BCUT2D eigenvalue weighted by Crippen LogP contribution is 2.19. The quantitative estimate of drug-likeness (QED) is 0.640. The maximum absolute atomic E-state index is 12.0. The molecular formula is C17H16BrNO. The molecule has 0 saturated heterocycles. The van der Waals surface area contributed by atoms with Gasteiger partial charge in [-0.3, -0.25) is 4.79 Å². The van der Waals surface area contributed by atoms with E-state index in [0.717, 1.165) is 21.3 Å². The number of benzene rings is 2. The first-order chi connectivity index (χ1) is 9.58. The number of ketones is 1. The summed E-state index contributed by atoms with van der Waals surface area (Å²) in [5, 5.41) is 3.18. The summed E-state index contributed by atoms with van der Waals surface area (Å²) < 4.78 is 0.965. The lowest BCUT2D eigenvalue weighted by molar-refractivity contribution is 0.104. The Labute approximate surface area is 127 Å². The number of para-hydroxylation sites is 1. The fourth-order valence-electron chi connectivity index (χ4n) is 1.95. The van der Waals surface area contributed by atoms with Crippen LogP contribution in [-0.2, 0) is 0 Å². The molecule has 2 rings (SSSR count). The van der Waals surface area contributed by atoms with Crippen LogP contribution in [0.1, 0.15) is 21.5 Å². The van der Waals surface area contributed by atoms with Gasteiger partial charge in [-0.1, -0.05) is 34.1 Å². The summed E-state index contributed by atoms with van der Waals surface area (Å²) in [7, 11) is 0. The fraction of sp³-hybridized carbons (Fsp3) is 0.118. The van der Waals surface area contributed by atoms with Crippen LogP contribution in [0.15, 0.2) is 59.2 Å². The number of hydrogen-bond acceptors (Lipinski definition) is 2. The van der Waals surface area contributed by atoms with Crippen molar-refractivity contribution in [1.82, 2.24) is 0 Å². The monoisotopic (exact) mass is 329 g/mol. The molecule has 1 N–H and O–H groups in total. The third-order valence-electron chi connectivity index (χ3n) is 3.07. The van der Waals surface area contributed by atoms with Gasteiger partial charge in [-0.2, -0.15) is 0 Å². The number of halogens is 1. The van der Waals surface area contributed by atoms with Crippen LogP contribution in [0.5, 0.6) is 0 Å². The Morgan fingerprint density at radius 2 is 1.65 bits per heavy atom. The summed E-state index contributed by atoms with van der Waals surface area (Å²) in [6, 6.07) is 13.4. The standard InChI is InChI=1S/C17H16BrNO/c1-12-4-3-5-13(2)17(12)19-11-10-16(20)14-6-8-15(18)9-7-14/h3-11,19H,1-2H3. The van der Waals surface area contributed by atoms with Crippen molar-refractivity contribution in [2.45, 2.75) is 13.8 Å². The second kappa shape index (κ2) is 6.53. The fourth-order valence-corrected chi connectivity index (χ4v) is 2.22. The number of rotatable bonds is 4. The van der Waals surface area contributed by atoms with Crippen molar-refractivity contribution >= 4 is 27.4 Å². The third-order valence-corrected chi connectivity index (χ3v) is 3.60. The van der Waals surface area contributed by atoms with E-state index >= 15 is 0 Å². The van der Waals surface area contributed by atoms with Gasteiger partial charge < -0.3 is 5.32 Å². The van der Waals surface area contributed by atoms with Crippen LogP contribution in [0.2, 0.25) is 0 Å². The molecule has 3 heteroatoms. The number of aryl methyl sites for hydroxylation is 2. The van der Waals surface area contributed by atoms with E-state index in [1.54, 1.807) is 24.4 Å². The number of nitrogens with one attached hydrogen (secondary N) is 1. The number of carbonyl (C=O) groups excluding carboxylic acids is 1. The maximum atomic E-state index is 12.0. The summed E-state index contributed by atoms with van der Waals surface area (Å²) >= 11 is 3.35. The van der Waals surface area contributed by atoms with Crippen molar-refractivity contribution in [1.29, 1.82) is 0 Å². The molecule has 0 bridgehead atoms. The second-order valence-corrected chi connectivity index (χ2v) is 5.53. The van der Waals surface area contributed by atoms with E-state index in [9.17, 15) is 4.79 Å². The minimum Gasteiger partial charge on any atom is -0.361 e. The van der Waals surface area contributed by atoms with Crippen LogP contribution in [0.3, 0.4) is 0 Å². The Hall–Kier alpha value is -1.87. The SMILES string of the molecule is Cc1cccc(C)c1NC=CC(=O)c1ccc(Br)cc1. The molecule has 102 valence electrons. The molecule has 0 aliphatic carbocycles. The zero-order valence-corrected chi connectivity index (χ0v) is 13.1. The molecule has 2 aromatic carbocycles. The van der Waals surface area contributed by atoms with E-state index in [-0.39, 0.29) is 5.78 Å². The first-order valence-corrected chi connectivity index (χ1v) is 7.16. The van der Waals surface area contributed by atoms with Crippen molar-refractivity contribution in [2.24, 2.45) is 0 Å². The van der Waals surface area contributed by atoms with E-state index in [2.05, 4.69) is 21.2 Å². The molecule has 0 spiro atoms. The van der Waals surface area contributed by atoms with Crippen molar-refractivity contribution < 1.29 is 4.79 Å². The highest BCUT2D eigenvalue weighted by atomic mass is 79.9. The summed E-state index contributed by atoms with van der Waals surface area (Å²) in [5.74, 6) is -0.0174. The molecule has 0 unspecified atom stereocenters. The molecule has 2 nitrogen and oxygen atoms in total. The summed E-state index contributed by atoms with van der Waals surface area (Å²) in [4.78, 5) is 12.0. The molecule has 0 amide bonds. The van der Waals surface area contributed by atoms with Gasteiger partial charge in [-0.15, -0.1) is 0 Å². The normalized spacial score (nSPS) is 10.8. The van der Waals surface area contributed by atoms with Crippen LogP contribution in [0.25, 0.3) is 0 Å². The smallest absolute Gasteiger partial charge is 0.187 e. The third kappa shape index (κ3) is 3.58. The van der Waals surface area contributed by atoms with Gasteiger partial charge in [-0.05, 0) is 49.2 Å². The molecule has 0 heterocycles. The highest BCUT2D eigenvalue weighted by Gasteiger charge is 2.02. The Kier molecular flexibility index (Phi) is 4.74.